The van der Waals surface area contributed by atoms with Gasteiger partial charge in [0.15, 0.2) is 0 Å². The van der Waals surface area contributed by atoms with E-state index in [9.17, 15) is 14.4 Å². The Hall–Kier alpha value is -2.33. The maximum Gasteiger partial charge on any atom is 0.322 e. The number of carbonyl (C=O) groups excluding carboxylic acids is 2. The number of aromatic nitrogens is 1. The van der Waals surface area contributed by atoms with E-state index in [1.165, 1.54) is 18.2 Å². The van der Waals surface area contributed by atoms with Crippen molar-refractivity contribution in [3.63, 3.8) is 0 Å². The van der Waals surface area contributed by atoms with Crippen LogP contribution in [0, 0.1) is 0 Å². The second-order valence-electron chi connectivity index (χ2n) is 5.75. The summed E-state index contributed by atoms with van der Waals surface area (Å²) in [6.07, 6.45) is -0.225. The topological polar surface area (TPSA) is 121 Å². The van der Waals surface area contributed by atoms with Crippen molar-refractivity contribution in [2.75, 3.05) is 11.9 Å². The molecule has 0 fully saturated rings. The van der Waals surface area contributed by atoms with Crippen LogP contribution in [-0.2, 0) is 4.79 Å². The lowest BCUT2D eigenvalue weighted by Crippen LogP contribution is -2.29. The summed E-state index contributed by atoms with van der Waals surface area (Å²) >= 11 is 6.56. The number of carboxylic acids is 1. The van der Waals surface area contributed by atoms with E-state index < -0.39 is 18.4 Å². The molecule has 0 unspecified atom stereocenters. The standard InChI is InChI=1S/C17H17Br2N3O5/c1-8(2)27-13-5-9(3-4-10(13)16(25)20-7-14(23)24)21-17(26)12-6-11(18)15(19)22-12/h3-6,8,22H,7H2,1-2H3,(H,20,25)(H,21,26)(H,23,24). The molecular formula is C17H17Br2N3O5. The van der Waals surface area contributed by atoms with Crippen LogP contribution in [0.5, 0.6) is 5.75 Å². The molecule has 0 spiro atoms. The van der Waals surface area contributed by atoms with Gasteiger partial charge in [0.2, 0.25) is 0 Å². The first kappa shape index (κ1) is 21.0. The van der Waals surface area contributed by atoms with Crippen LogP contribution >= 0.6 is 31.9 Å². The number of aliphatic carboxylic acids is 1. The molecule has 0 atom stereocenters. The van der Waals surface area contributed by atoms with Gasteiger partial charge in [0.05, 0.1) is 20.7 Å². The van der Waals surface area contributed by atoms with Crippen LogP contribution in [0.4, 0.5) is 5.69 Å². The highest BCUT2D eigenvalue weighted by molar-refractivity contribution is 9.13. The summed E-state index contributed by atoms with van der Waals surface area (Å²) in [4.78, 5) is 38.0. The molecule has 1 aromatic heterocycles. The summed E-state index contributed by atoms with van der Waals surface area (Å²) in [6.45, 7) is 3.07. The molecule has 1 heterocycles. The molecule has 0 radical (unpaired) electrons. The van der Waals surface area contributed by atoms with Gasteiger partial charge in [-0.2, -0.15) is 0 Å². The van der Waals surface area contributed by atoms with Gasteiger partial charge in [-0.25, -0.2) is 0 Å². The van der Waals surface area contributed by atoms with Crippen molar-refractivity contribution in [1.29, 1.82) is 0 Å². The minimum Gasteiger partial charge on any atom is -0.490 e. The molecule has 0 bridgehead atoms. The number of carboxylic acid groups (broad SMARTS) is 1. The highest BCUT2D eigenvalue weighted by Crippen LogP contribution is 2.26. The molecular weight excluding hydrogens is 486 g/mol. The summed E-state index contributed by atoms with van der Waals surface area (Å²) in [5.74, 6) is -1.87. The Morgan fingerprint density at radius 2 is 1.89 bits per heavy atom. The van der Waals surface area contributed by atoms with Crippen LogP contribution in [0.25, 0.3) is 0 Å². The predicted octanol–water partition coefficient (Wildman–Crippen LogP) is 3.39. The van der Waals surface area contributed by atoms with Crippen LogP contribution < -0.4 is 15.4 Å². The van der Waals surface area contributed by atoms with E-state index in [0.29, 0.717) is 20.5 Å². The van der Waals surface area contributed by atoms with Crippen molar-refractivity contribution in [2.45, 2.75) is 20.0 Å². The maximum absolute atomic E-state index is 12.3. The van der Waals surface area contributed by atoms with Crippen molar-refractivity contribution < 1.29 is 24.2 Å². The number of H-pyrrole nitrogens is 1. The average molecular weight is 503 g/mol. The second kappa shape index (κ2) is 9.05. The number of hydrogen-bond donors (Lipinski definition) is 4. The maximum atomic E-state index is 12.3. The van der Waals surface area contributed by atoms with Gasteiger partial charge in [-0.05, 0) is 63.9 Å². The largest absolute Gasteiger partial charge is 0.490 e. The zero-order valence-electron chi connectivity index (χ0n) is 14.4. The van der Waals surface area contributed by atoms with Gasteiger partial charge in [0.25, 0.3) is 11.8 Å². The minimum atomic E-state index is -1.15. The third kappa shape index (κ3) is 5.83. The first-order valence-electron chi connectivity index (χ1n) is 7.83. The fourth-order valence-electron chi connectivity index (χ4n) is 2.12. The van der Waals surface area contributed by atoms with E-state index in [-0.39, 0.29) is 23.3 Å². The number of aromatic amines is 1. The monoisotopic (exact) mass is 501 g/mol. The average Bonchev–Trinajstić information content (AvgIpc) is 2.91. The van der Waals surface area contributed by atoms with Gasteiger partial charge in [0, 0.05) is 11.8 Å². The lowest BCUT2D eigenvalue weighted by molar-refractivity contribution is -0.135. The van der Waals surface area contributed by atoms with Gasteiger partial charge in [0.1, 0.15) is 18.0 Å². The first-order valence-corrected chi connectivity index (χ1v) is 9.42. The van der Waals surface area contributed by atoms with E-state index in [1.54, 1.807) is 19.9 Å². The Kier molecular flexibility index (Phi) is 7.03. The van der Waals surface area contributed by atoms with Gasteiger partial charge < -0.3 is 25.5 Å². The van der Waals surface area contributed by atoms with Crippen LogP contribution in [0.1, 0.15) is 34.7 Å². The summed E-state index contributed by atoms with van der Waals surface area (Å²) < 4.78 is 6.99. The van der Waals surface area contributed by atoms with Gasteiger partial charge in [-0.3, -0.25) is 14.4 Å². The molecule has 2 aromatic rings. The van der Waals surface area contributed by atoms with Crippen molar-refractivity contribution in [2.24, 2.45) is 0 Å². The lowest BCUT2D eigenvalue weighted by Gasteiger charge is -2.15. The van der Waals surface area contributed by atoms with E-state index >= 15 is 0 Å². The smallest absolute Gasteiger partial charge is 0.322 e. The van der Waals surface area contributed by atoms with Gasteiger partial charge in [-0.1, -0.05) is 0 Å². The van der Waals surface area contributed by atoms with Crippen LogP contribution in [0.15, 0.2) is 33.3 Å². The number of halogens is 2. The van der Waals surface area contributed by atoms with E-state index in [0.717, 1.165) is 0 Å². The Morgan fingerprint density at radius 1 is 1.19 bits per heavy atom. The molecule has 4 N–H and O–H groups in total. The summed E-state index contributed by atoms with van der Waals surface area (Å²) in [6, 6.07) is 6.14. The zero-order chi connectivity index (χ0) is 20.1. The molecule has 8 nitrogen and oxygen atoms in total. The van der Waals surface area contributed by atoms with Crippen LogP contribution in [0.2, 0.25) is 0 Å². The number of nitrogens with one attached hydrogen (secondary N) is 3. The molecule has 0 saturated carbocycles. The highest BCUT2D eigenvalue weighted by atomic mass is 79.9. The highest BCUT2D eigenvalue weighted by Gasteiger charge is 2.17. The summed E-state index contributed by atoms with van der Waals surface area (Å²) in [7, 11) is 0. The quantitative estimate of drug-likeness (QED) is 0.462. The Balaban J connectivity index is 2.24. The number of ether oxygens (including phenoxy) is 1. The number of rotatable bonds is 7. The van der Waals surface area contributed by atoms with Gasteiger partial charge in [-0.15, -0.1) is 0 Å². The molecule has 10 heteroatoms. The zero-order valence-corrected chi connectivity index (χ0v) is 17.6. The molecule has 0 aliphatic rings. The number of hydrogen-bond acceptors (Lipinski definition) is 4. The second-order valence-corrected chi connectivity index (χ2v) is 7.40. The Bertz CT molecular complexity index is 860. The molecule has 0 saturated heterocycles. The van der Waals surface area contributed by atoms with E-state index in [4.69, 9.17) is 9.84 Å². The Labute approximate surface area is 171 Å². The predicted molar refractivity (Wildman–Crippen MR) is 106 cm³/mol. The third-order valence-electron chi connectivity index (χ3n) is 3.22. The minimum absolute atomic E-state index is 0.174. The van der Waals surface area contributed by atoms with E-state index in [1.807, 2.05) is 0 Å². The molecule has 2 rings (SSSR count). The van der Waals surface area contributed by atoms with Crippen LogP contribution in [0.3, 0.4) is 0 Å². The fourth-order valence-corrected chi connectivity index (χ4v) is 2.77. The summed E-state index contributed by atoms with van der Waals surface area (Å²) in [5.41, 5.74) is 0.934. The fraction of sp³-hybridized carbons (Fsp3) is 0.235. The number of carbonyl (C=O) groups is 3. The van der Waals surface area contributed by atoms with Crippen LogP contribution in [-0.4, -0.2) is 40.5 Å². The molecule has 2 amide bonds. The number of anilines is 1. The van der Waals surface area contributed by atoms with Crippen molar-refractivity contribution in [3.05, 3.63) is 44.6 Å². The van der Waals surface area contributed by atoms with Crippen molar-refractivity contribution in [1.82, 2.24) is 10.3 Å². The van der Waals surface area contributed by atoms with Gasteiger partial charge >= 0.3 is 5.97 Å². The third-order valence-corrected chi connectivity index (χ3v) is 5.00. The number of amides is 2. The lowest BCUT2D eigenvalue weighted by atomic mass is 10.1. The normalized spacial score (nSPS) is 10.6. The van der Waals surface area contributed by atoms with E-state index in [2.05, 4.69) is 47.5 Å². The molecule has 0 aliphatic carbocycles. The Morgan fingerprint density at radius 3 is 2.44 bits per heavy atom. The van der Waals surface area contributed by atoms with Crippen molar-refractivity contribution >= 4 is 55.3 Å². The first-order chi connectivity index (χ1) is 12.7. The molecule has 27 heavy (non-hydrogen) atoms. The molecule has 0 aliphatic heterocycles. The molecule has 144 valence electrons. The van der Waals surface area contributed by atoms with Crippen molar-refractivity contribution in [3.8, 4) is 5.75 Å². The number of benzene rings is 1. The molecule has 1 aromatic carbocycles. The SMILES string of the molecule is CC(C)Oc1cc(NC(=O)c2cc(Br)c(Br)[nH]2)ccc1C(=O)NCC(=O)O. The summed E-state index contributed by atoms with van der Waals surface area (Å²) in [5, 5.41) is 13.7.